The van der Waals surface area contributed by atoms with Crippen LogP contribution in [-0.4, -0.2) is 59.6 Å². The molecule has 0 aromatic rings. The lowest BCUT2D eigenvalue weighted by Crippen LogP contribution is -2.48. The van der Waals surface area contributed by atoms with Crippen LogP contribution in [0.4, 0.5) is 0 Å². The van der Waals surface area contributed by atoms with Gasteiger partial charge in [-0.2, -0.15) is 0 Å². The van der Waals surface area contributed by atoms with Crippen molar-refractivity contribution in [1.82, 2.24) is 9.80 Å². The van der Waals surface area contributed by atoms with Gasteiger partial charge in [0, 0.05) is 19.1 Å². The smallest absolute Gasteiger partial charge is 0.304 e. The third-order valence-corrected chi connectivity index (χ3v) is 3.84. The lowest BCUT2D eigenvalue weighted by atomic mass is 10.0. The van der Waals surface area contributed by atoms with Crippen LogP contribution in [-0.2, 0) is 4.79 Å². The fraction of sp³-hybridized carbons (Fsp3) is 0.929. The van der Waals surface area contributed by atoms with E-state index in [1.54, 1.807) is 0 Å². The molecule has 0 bridgehead atoms. The number of unbranched alkanes of at least 4 members (excludes halogenated alkanes) is 1. The number of piperidine rings is 1. The molecule has 1 atom stereocenters. The number of likely N-dealkylation sites (tertiary alicyclic amines) is 1. The number of hydrogen-bond acceptors (Lipinski definition) is 3. The highest BCUT2D eigenvalue weighted by atomic mass is 16.4. The van der Waals surface area contributed by atoms with E-state index in [0.29, 0.717) is 12.6 Å². The Morgan fingerprint density at radius 2 is 2.22 bits per heavy atom. The molecule has 0 aromatic carbocycles. The molecule has 0 radical (unpaired) electrons. The second-order valence-corrected chi connectivity index (χ2v) is 5.22. The van der Waals surface area contributed by atoms with Crippen LogP contribution in [0.2, 0.25) is 0 Å². The van der Waals surface area contributed by atoms with Crippen molar-refractivity contribution in [1.29, 1.82) is 0 Å². The van der Waals surface area contributed by atoms with Crippen molar-refractivity contribution in [3.8, 4) is 0 Å². The molecule has 0 spiro atoms. The van der Waals surface area contributed by atoms with Crippen molar-refractivity contribution in [2.75, 3.05) is 32.7 Å². The van der Waals surface area contributed by atoms with E-state index >= 15 is 0 Å². The summed E-state index contributed by atoms with van der Waals surface area (Å²) in [5.41, 5.74) is 0. The Morgan fingerprint density at radius 1 is 1.44 bits per heavy atom. The standard InChI is InChI=1S/C14H28N2O2/c1-3-5-10-16(4-2)13-7-6-9-15(12-13)11-8-14(17)18/h13H,3-12H2,1-2H3,(H,17,18). The Kier molecular flexibility index (Phi) is 7.28. The predicted octanol–water partition coefficient (Wildman–Crippen LogP) is 2.05. The molecule has 4 nitrogen and oxygen atoms in total. The van der Waals surface area contributed by atoms with Gasteiger partial charge in [0.2, 0.25) is 0 Å². The van der Waals surface area contributed by atoms with Crippen molar-refractivity contribution in [2.45, 2.75) is 52.0 Å². The van der Waals surface area contributed by atoms with Gasteiger partial charge in [-0.1, -0.05) is 20.3 Å². The van der Waals surface area contributed by atoms with E-state index in [-0.39, 0.29) is 6.42 Å². The molecule has 18 heavy (non-hydrogen) atoms. The zero-order valence-electron chi connectivity index (χ0n) is 11.9. The summed E-state index contributed by atoms with van der Waals surface area (Å²) >= 11 is 0. The van der Waals surface area contributed by atoms with Crippen LogP contribution in [0.1, 0.15) is 46.0 Å². The number of hydrogen-bond donors (Lipinski definition) is 1. The molecule has 1 saturated heterocycles. The molecule has 1 aliphatic heterocycles. The summed E-state index contributed by atoms with van der Waals surface area (Å²) in [5.74, 6) is -0.685. The molecule has 106 valence electrons. The van der Waals surface area contributed by atoms with Crippen LogP contribution in [0.25, 0.3) is 0 Å². The third-order valence-electron chi connectivity index (χ3n) is 3.84. The van der Waals surface area contributed by atoms with Crippen LogP contribution >= 0.6 is 0 Å². The summed E-state index contributed by atoms with van der Waals surface area (Å²) in [6.45, 7) is 9.57. The van der Waals surface area contributed by atoms with Crippen LogP contribution in [0.3, 0.4) is 0 Å². The van der Waals surface area contributed by atoms with Crippen molar-refractivity contribution >= 4 is 5.97 Å². The monoisotopic (exact) mass is 256 g/mol. The molecule has 0 aromatic heterocycles. The number of carboxylic acid groups (broad SMARTS) is 1. The van der Waals surface area contributed by atoms with Gasteiger partial charge in [0.05, 0.1) is 6.42 Å². The van der Waals surface area contributed by atoms with E-state index in [1.165, 1.54) is 32.2 Å². The largest absolute Gasteiger partial charge is 0.481 e. The van der Waals surface area contributed by atoms with Crippen LogP contribution in [0.15, 0.2) is 0 Å². The molecule has 0 aliphatic carbocycles. The molecule has 4 heteroatoms. The normalized spacial score (nSPS) is 21.4. The minimum absolute atomic E-state index is 0.272. The van der Waals surface area contributed by atoms with Crippen LogP contribution < -0.4 is 0 Å². The van der Waals surface area contributed by atoms with E-state index in [1.807, 2.05) is 0 Å². The van der Waals surface area contributed by atoms with E-state index < -0.39 is 5.97 Å². The van der Waals surface area contributed by atoms with Crippen molar-refractivity contribution < 1.29 is 9.90 Å². The van der Waals surface area contributed by atoms with E-state index in [9.17, 15) is 4.79 Å². The summed E-state index contributed by atoms with van der Waals surface area (Å²) in [4.78, 5) is 15.5. The van der Waals surface area contributed by atoms with E-state index in [2.05, 4.69) is 23.6 Å². The molecule has 1 N–H and O–H groups in total. The molecular formula is C14H28N2O2. The Bertz CT molecular complexity index is 246. The molecule has 1 aliphatic rings. The molecular weight excluding hydrogens is 228 g/mol. The van der Waals surface area contributed by atoms with Gasteiger partial charge < -0.3 is 10.0 Å². The first kappa shape index (κ1) is 15.4. The van der Waals surface area contributed by atoms with Crippen LogP contribution in [0, 0.1) is 0 Å². The number of nitrogens with zero attached hydrogens (tertiary/aromatic N) is 2. The zero-order chi connectivity index (χ0) is 13.4. The molecule has 1 rings (SSSR count). The number of likely N-dealkylation sites (N-methyl/N-ethyl adjacent to an activating group) is 1. The fourth-order valence-electron chi connectivity index (χ4n) is 2.75. The van der Waals surface area contributed by atoms with Gasteiger partial charge in [-0.3, -0.25) is 9.69 Å². The maximum Gasteiger partial charge on any atom is 0.304 e. The van der Waals surface area contributed by atoms with Crippen molar-refractivity contribution in [3.63, 3.8) is 0 Å². The second-order valence-electron chi connectivity index (χ2n) is 5.22. The Morgan fingerprint density at radius 3 is 2.83 bits per heavy atom. The minimum atomic E-state index is -0.685. The maximum atomic E-state index is 10.6. The summed E-state index contributed by atoms with van der Waals surface area (Å²) in [6, 6.07) is 0.629. The van der Waals surface area contributed by atoms with E-state index in [4.69, 9.17) is 5.11 Å². The second kappa shape index (κ2) is 8.48. The van der Waals surface area contributed by atoms with Crippen LogP contribution in [0.5, 0.6) is 0 Å². The van der Waals surface area contributed by atoms with Gasteiger partial charge in [-0.25, -0.2) is 0 Å². The summed E-state index contributed by atoms with van der Waals surface area (Å²) in [5, 5.41) is 8.74. The number of carbonyl (C=O) groups is 1. The van der Waals surface area contributed by atoms with Gasteiger partial charge in [0.15, 0.2) is 0 Å². The van der Waals surface area contributed by atoms with Gasteiger partial charge in [0.1, 0.15) is 0 Å². The summed E-state index contributed by atoms with van der Waals surface area (Å²) < 4.78 is 0. The quantitative estimate of drug-likeness (QED) is 0.722. The topological polar surface area (TPSA) is 43.8 Å². The molecule has 1 fully saturated rings. The first-order valence-electron chi connectivity index (χ1n) is 7.35. The first-order chi connectivity index (χ1) is 8.67. The fourth-order valence-corrected chi connectivity index (χ4v) is 2.75. The SMILES string of the molecule is CCCCN(CC)C1CCCN(CCC(=O)O)C1. The average Bonchev–Trinajstić information content (AvgIpc) is 2.38. The van der Waals surface area contributed by atoms with Gasteiger partial charge >= 0.3 is 5.97 Å². The maximum absolute atomic E-state index is 10.6. The predicted molar refractivity (Wildman–Crippen MR) is 73.9 cm³/mol. The average molecular weight is 256 g/mol. The third kappa shape index (κ3) is 5.36. The molecule has 0 saturated carbocycles. The highest BCUT2D eigenvalue weighted by molar-refractivity contribution is 5.66. The lowest BCUT2D eigenvalue weighted by molar-refractivity contribution is -0.137. The lowest BCUT2D eigenvalue weighted by Gasteiger charge is -2.39. The van der Waals surface area contributed by atoms with Crippen molar-refractivity contribution in [2.24, 2.45) is 0 Å². The molecule has 1 unspecified atom stereocenters. The Balaban J connectivity index is 2.38. The van der Waals surface area contributed by atoms with Gasteiger partial charge in [0.25, 0.3) is 0 Å². The molecule has 1 heterocycles. The first-order valence-corrected chi connectivity index (χ1v) is 7.35. The summed E-state index contributed by atoms with van der Waals surface area (Å²) in [7, 11) is 0. The minimum Gasteiger partial charge on any atom is -0.481 e. The highest BCUT2D eigenvalue weighted by Crippen LogP contribution is 2.16. The Hall–Kier alpha value is -0.610. The molecule has 0 amide bonds. The van der Waals surface area contributed by atoms with Gasteiger partial charge in [-0.05, 0) is 38.9 Å². The zero-order valence-corrected chi connectivity index (χ0v) is 11.9. The van der Waals surface area contributed by atoms with E-state index in [0.717, 1.165) is 19.6 Å². The van der Waals surface area contributed by atoms with Crippen molar-refractivity contribution in [3.05, 3.63) is 0 Å². The van der Waals surface area contributed by atoms with Gasteiger partial charge in [-0.15, -0.1) is 0 Å². The number of aliphatic carboxylic acids is 1. The number of carboxylic acids is 1. The highest BCUT2D eigenvalue weighted by Gasteiger charge is 2.24. The number of rotatable bonds is 8. The Labute approximate surface area is 111 Å². The summed E-state index contributed by atoms with van der Waals surface area (Å²) in [6.07, 6.45) is 5.24.